The standard InChI is InChI=1S/C13H22N2O4S2/c1-10(2)8-9-20(16,17)15-11(3)12-4-6-13(7-5-12)21(14,18)19/h4-7,10-11,15H,8-9H2,1-3H3,(H2,14,18,19). The van der Waals surface area contributed by atoms with E-state index in [1.165, 1.54) is 12.1 Å². The average molecular weight is 334 g/mol. The summed E-state index contributed by atoms with van der Waals surface area (Å²) in [5, 5.41) is 5.01. The van der Waals surface area contributed by atoms with Gasteiger partial charge < -0.3 is 0 Å². The van der Waals surface area contributed by atoms with E-state index >= 15 is 0 Å². The van der Waals surface area contributed by atoms with E-state index in [-0.39, 0.29) is 10.6 Å². The third-order valence-electron chi connectivity index (χ3n) is 3.03. The second-order valence-corrected chi connectivity index (χ2v) is 8.89. The fraction of sp³-hybridized carbons (Fsp3) is 0.538. The molecule has 1 aromatic carbocycles. The topological polar surface area (TPSA) is 106 Å². The van der Waals surface area contributed by atoms with Crippen LogP contribution < -0.4 is 9.86 Å². The molecule has 0 aromatic heterocycles. The lowest BCUT2D eigenvalue weighted by molar-refractivity contribution is 0.550. The summed E-state index contributed by atoms with van der Waals surface area (Å²) in [6.45, 7) is 5.63. The first-order valence-corrected chi connectivity index (χ1v) is 9.84. The van der Waals surface area contributed by atoms with E-state index in [0.29, 0.717) is 17.9 Å². The van der Waals surface area contributed by atoms with E-state index in [1.54, 1.807) is 19.1 Å². The zero-order valence-corrected chi connectivity index (χ0v) is 14.0. The van der Waals surface area contributed by atoms with Crippen molar-refractivity contribution in [3.05, 3.63) is 29.8 Å². The molecule has 120 valence electrons. The molecule has 0 amide bonds. The molecule has 8 heteroatoms. The minimum absolute atomic E-state index is 0.00103. The third-order valence-corrected chi connectivity index (χ3v) is 5.44. The Kier molecular flexibility index (Phi) is 5.92. The van der Waals surface area contributed by atoms with Gasteiger partial charge in [-0.3, -0.25) is 0 Å². The van der Waals surface area contributed by atoms with Crippen LogP contribution in [0.5, 0.6) is 0 Å². The van der Waals surface area contributed by atoms with Gasteiger partial charge in [0.05, 0.1) is 10.6 Å². The van der Waals surface area contributed by atoms with Crippen LogP contribution in [-0.4, -0.2) is 22.6 Å². The minimum atomic E-state index is -3.74. The van der Waals surface area contributed by atoms with Crippen molar-refractivity contribution in [3.8, 4) is 0 Å². The lowest BCUT2D eigenvalue weighted by Crippen LogP contribution is -2.29. The summed E-state index contributed by atoms with van der Waals surface area (Å²) in [5.41, 5.74) is 0.676. The van der Waals surface area contributed by atoms with Crippen molar-refractivity contribution < 1.29 is 16.8 Å². The molecule has 0 radical (unpaired) electrons. The normalized spacial score (nSPS) is 14.3. The van der Waals surface area contributed by atoms with Crippen LogP contribution in [0, 0.1) is 5.92 Å². The zero-order chi connectivity index (χ0) is 16.3. The second kappa shape index (κ2) is 6.87. The van der Waals surface area contributed by atoms with Gasteiger partial charge in [0.15, 0.2) is 0 Å². The number of primary sulfonamides is 1. The number of benzene rings is 1. The molecule has 0 saturated carbocycles. The minimum Gasteiger partial charge on any atom is -0.225 e. The first-order chi connectivity index (χ1) is 9.51. The highest BCUT2D eigenvalue weighted by atomic mass is 32.2. The van der Waals surface area contributed by atoms with Gasteiger partial charge in [-0.05, 0) is 37.0 Å². The Hall–Kier alpha value is -0.960. The monoisotopic (exact) mass is 334 g/mol. The van der Waals surface area contributed by atoms with Crippen molar-refractivity contribution in [1.29, 1.82) is 0 Å². The Balaban J connectivity index is 2.78. The maximum Gasteiger partial charge on any atom is 0.238 e. The Morgan fingerprint density at radius 1 is 1.05 bits per heavy atom. The Morgan fingerprint density at radius 3 is 2.00 bits per heavy atom. The van der Waals surface area contributed by atoms with Crippen LogP contribution in [0.2, 0.25) is 0 Å². The number of hydrogen-bond acceptors (Lipinski definition) is 4. The second-order valence-electron chi connectivity index (χ2n) is 5.45. The lowest BCUT2D eigenvalue weighted by Gasteiger charge is -2.15. The molecule has 21 heavy (non-hydrogen) atoms. The largest absolute Gasteiger partial charge is 0.238 e. The summed E-state index contributed by atoms with van der Waals surface area (Å²) >= 11 is 0. The molecule has 0 spiro atoms. The quantitative estimate of drug-likeness (QED) is 0.785. The van der Waals surface area contributed by atoms with Gasteiger partial charge >= 0.3 is 0 Å². The summed E-state index contributed by atoms with van der Waals surface area (Å²) in [7, 11) is -7.09. The first-order valence-electron chi connectivity index (χ1n) is 6.64. The highest BCUT2D eigenvalue weighted by Gasteiger charge is 2.17. The van der Waals surface area contributed by atoms with E-state index in [2.05, 4.69) is 4.72 Å². The van der Waals surface area contributed by atoms with E-state index < -0.39 is 26.1 Å². The molecule has 0 fully saturated rings. The van der Waals surface area contributed by atoms with Gasteiger partial charge in [-0.25, -0.2) is 26.7 Å². The van der Waals surface area contributed by atoms with Crippen molar-refractivity contribution in [2.24, 2.45) is 11.1 Å². The maximum absolute atomic E-state index is 11.9. The number of rotatable bonds is 7. The van der Waals surface area contributed by atoms with Crippen molar-refractivity contribution >= 4 is 20.0 Å². The van der Waals surface area contributed by atoms with Gasteiger partial charge in [-0.15, -0.1) is 0 Å². The number of nitrogens with one attached hydrogen (secondary N) is 1. The van der Waals surface area contributed by atoms with Crippen molar-refractivity contribution in [1.82, 2.24) is 4.72 Å². The molecule has 3 N–H and O–H groups in total. The lowest BCUT2D eigenvalue weighted by atomic mass is 10.1. The number of nitrogens with two attached hydrogens (primary N) is 1. The van der Waals surface area contributed by atoms with Gasteiger partial charge in [0.1, 0.15) is 0 Å². The fourth-order valence-electron chi connectivity index (χ4n) is 1.73. The summed E-state index contributed by atoms with van der Waals surface area (Å²) < 4.78 is 48.7. The number of hydrogen-bond donors (Lipinski definition) is 2. The zero-order valence-electron chi connectivity index (χ0n) is 12.4. The van der Waals surface area contributed by atoms with Crippen molar-refractivity contribution in [3.63, 3.8) is 0 Å². The van der Waals surface area contributed by atoms with Crippen molar-refractivity contribution in [2.45, 2.75) is 38.1 Å². The average Bonchev–Trinajstić information content (AvgIpc) is 2.35. The summed E-state index contributed by atoms with van der Waals surface area (Å²) in [4.78, 5) is 0.00103. The highest BCUT2D eigenvalue weighted by molar-refractivity contribution is 7.89. The Morgan fingerprint density at radius 2 is 1.57 bits per heavy atom. The molecule has 6 nitrogen and oxygen atoms in total. The van der Waals surface area contributed by atoms with Gasteiger partial charge in [0.25, 0.3) is 0 Å². The van der Waals surface area contributed by atoms with Crippen LogP contribution >= 0.6 is 0 Å². The van der Waals surface area contributed by atoms with E-state index in [0.717, 1.165) is 0 Å². The van der Waals surface area contributed by atoms with E-state index in [9.17, 15) is 16.8 Å². The molecule has 0 aliphatic heterocycles. The van der Waals surface area contributed by atoms with Gasteiger partial charge in [0.2, 0.25) is 20.0 Å². The van der Waals surface area contributed by atoms with E-state index in [1.807, 2.05) is 13.8 Å². The van der Waals surface area contributed by atoms with Crippen LogP contribution in [0.25, 0.3) is 0 Å². The van der Waals surface area contributed by atoms with Crippen LogP contribution in [0.4, 0.5) is 0 Å². The van der Waals surface area contributed by atoms with Crippen molar-refractivity contribution in [2.75, 3.05) is 5.75 Å². The molecule has 0 aliphatic carbocycles. The summed E-state index contributed by atoms with van der Waals surface area (Å²) in [6, 6.07) is 5.40. The van der Waals surface area contributed by atoms with Crippen LogP contribution in [-0.2, 0) is 20.0 Å². The third kappa shape index (κ3) is 6.13. The van der Waals surface area contributed by atoms with Crippen LogP contribution in [0.3, 0.4) is 0 Å². The number of sulfonamides is 2. The van der Waals surface area contributed by atoms with Gasteiger partial charge in [0, 0.05) is 6.04 Å². The van der Waals surface area contributed by atoms with Gasteiger partial charge in [-0.2, -0.15) is 0 Å². The molecule has 1 atom stereocenters. The summed E-state index contributed by atoms with van der Waals surface area (Å²) in [5.74, 6) is 0.385. The molecule has 0 saturated heterocycles. The molecule has 1 rings (SSSR count). The molecule has 1 unspecified atom stereocenters. The predicted octanol–water partition coefficient (Wildman–Crippen LogP) is 1.36. The smallest absolute Gasteiger partial charge is 0.225 e. The van der Waals surface area contributed by atoms with Crippen LogP contribution in [0.15, 0.2) is 29.2 Å². The fourth-order valence-corrected chi connectivity index (χ4v) is 3.82. The van der Waals surface area contributed by atoms with Gasteiger partial charge in [-0.1, -0.05) is 26.0 Å². The molecule has 0 heterocycles. The SMILES string of the molecule is CC(C)CCS(=O)(=O)NC(C)c1ccc(S(N)(=O)=O)cc1. The molecule has 0 aliphatic rings. The Labute approximate surface area is 126 Å². The van der Waals surface area contributed by atoms with E-state index in [4.69, 9.17) is 5.14 Å². The maximum atomic E-state index is 11.9. The Bertz CT molecular complexity index is 665. The first kappa shape index (κ1) is 18.1. The molecular weight excluding hydrogens is 312 g/mol. The van der Waals surface area contributed by atoms with Crippen LogP contribution in [0.1, 0.15) is 38.8 Å². The molecule has 1 aromatic rings. The highest BCUT2D eigenvalue weighted by Crippen LogP contribution is 2.16. The predicted molar refractivity (Wildman–Crippen MR) is 82.6 cm³/mol. The summed E-state index contributed by atoms with van der Waals surface area (Å²) in [6.07, 6.45) is 0.590. The molecule has 0 bridgehead atoms. The molecular formula is C13H22N2O4S2.